The molecule has 0 aliphatic rings. The normalized spacial score (nSPS) is 11.5. The van der Waals surface area contributed by atoms with Crippen LogP contribution in [0.1, 0.15) is 16.7 Å². The van der Waals surface area contributed by atoms with E-state index in [4.69, 9.17) is 0 Å². The van der Waals surface area contributed by atoms with Crippen molar-refractivity contribution >= 4 is 27.8 Å². The lowest BCUT2D eigenvalue weighted by Gasteiger charge is -2.25. The van der Waals surface area contributed by atoms with Gasteiger partial charge in [-0.25, -0.2) is 18.2 Å². The molecular weight excluding hydrogens is 417 g/mol. The van der Waals surface area contributed by atoms with E-state index in [1.54, 1.807) is 43.3 Å². The monoisotopic (exact) mass is 439 g/mol. The number of sulfonamides is 1. The number of rotatable bonds is 7. The van der Waals surface area contributed by atoms with E-state index in [0.717, 1.165) is 9.87 Å². The van der Waals surface area contributed by atoms with Crippen molar-refractivity contribution in [2.75, 3.05) is 10.8 Å². The van der Waals surface area contributed by atoms with Gasteiger partial charge in [-0.1, -0.05) is 48.0 Å². The summed E-state index contributed by atoms with van der Waals surface area (Å²) < 4.78 is 40.7. The minimum Gasteiger partial charge on any atom is -0.271 e. The molecular formula is C23H22FN3O3S. The molecule has 0 aliphatic heterocycles. The minimum atomic E-state index is -3.99. The second kappa shape index (κ2) is 9.53. The lowest BCUT2D eigenvalue weighted by Crippen LogP contribution is -2.40. The molecule has 31 heavy (non-hydrogen) atoms. The van der Waals surface area contributed by atoms with Crippen LogP contribution in [0.2, 0.25) is 0 Å². The molecule has 0 spiro atoms. The molecule has 1 N–H and O–H groups in total. The Morgan fingerprint density at radius 3 is 2.29 bits per heavy atom. The van der Waals surface area contributed by atoms with Gasteiger partial charge < -0.3 is 0 Å². The number of hydrazone groups is 1. The van der Waals surface area contributed by atoms with Gasteiger partial charge in [0.1, 0.15) is 12.4 Å². The first-order valence-electron chi connectivity index (χ1n) is 9.50. The zero-order valence-corrected chi connectivity index (χ0v) is 17.9. The number of hydrogen-bond donors (Lipinski definition) is 1. The van der Waals surface area contributed by atoms with Crippen LogP contribution in [0.5, 0.6) is 0 Å². The Balaban J connectivity index is 1.85. The lowest BCUT2D eigenvalue weighted by molar-refractivity contribution is -0.119. The molecule has 6 nitrogen and oxygen atoms in total. The summed E-state index contributed by atoms with van der Waals surface area (Å²) in [6, 6.07) is 18.9. The second-order valence-corrected chi connectivity index (χ2v) is 8.82. The maximum Gasteiger partial charge on any atom is 0.264 e. The molecule has 0 aromatic heterocycles. The molecule has 0 aliphatic carbocycles. The highest BCUT2D eigenvalue weighted by atomic mass is 32.2. The molecule has 0 radical (unpaired) electrons. The van der Waals surface area contributed by atoms with E-state index in [1.807, 2.05) is 6.92 Å². The Bertz CT molecular complexity index is 1190. The van der Waals surface area contributed by atoms with Crippen LogP contribution in [0, 0.1) is 19.7 Å². The first kappa shape index (κ1) is 22.2. The van der Waals surface area contributed by atoms with E-state index < -0.39 is 22.5 Å². The van der Waals surface area contributed by atoms with Crippen LogP contribution in [0.4, 0.5) is 10.1 Å². The van der Waals surface area contributed by atoms with E-state index in [9.17, 15) is 17.6 Å². The number of amides is 1. The Morgan fingerprint density at radius 1 is 1.00 bits per heavy atom. The van der Waals surface area contributed by atoms with Gasteiger partial charge in [0, 0.05) is 0 Å². The zero-order valence-electron chi connectivity index (χ0n) is 17.1. The van der Waals surface area contributed by atoms with Gasteiger partial charge in [-0.05, 0) is 55.3 Å². The molecule has 0 heterocycles. The Hall–Kier alpha value is -3.52. The van der Waals surface area contributed by atoms with Crippen molar-refractivity contribution < 1.29 is 17.6 Å². The second-order valence-electron chi connectivity index (χ2n) is 6.96. The van der Waals surface area contributed by atoms with Gasteiger partial charge in [0.25, 0.3) is 15.9 Å². The number of hydrogen-bond acceptors (Lipinski definition) is 4. The predicted octanol–water partition coefficient (Wildman–Crippen LogP) is 3.79. The van der Waals surface area contributed by atoms with E-state index >= 15 is 0 Å². The molecule has 0 saturated carbocycles. The summed E-state index contributed by atoms with van der Waals surface area (Å²) in [4.78, 5) is 12.6. The number of nitrogens with one attached hydrogen (secondary N) is 1. The van der Waals surface area contributed by atoms with Gasteiger partial charge in [-0.15, -0.1) is 0 Å². The first-order chi connectivity index (χ1) is 14.8. The fourth-order valence-electron chi connectivity index (χ4n) is 2.87. The van der Waals surface area contributed by atoms with Crippen LogP contribution < -0.4 is 9.73 Å². The highest BCUT2D eigenvalue weighted by molar-refractivity contribution is 7.92. The number of anilines is 1. The quantitative estimate of drug-likeness (QED) is 0.449. The van der Waals surface area contributed by atoms with Crippen LogP contribution in [-0.4, -0.2) is 27.1 Å². The summed E-state index contributed by atoms with van der Waals surface area (Å²) in [5.74, 6) is -0.992. The maximum absolute atomic E-state index is 13.3. The summed E-state index contributed by atoms with van der Waals surface area (Å²) in [6.07, 6.45) is 1.35. The SMILES string of the molecule is Cc1ccc(S(=O)(=O)N(CC(=O)N/N=C/c2ccc(F)cc2)c2ccccc2C)cc1. The van der Waals surface area contributed by atoms with E-state index in [2.05, 4.69) is 10.5 Å². The Kier molecular flexibility index (Phi) is 6.81. The highest BCUT2D eigenvalue weighted by Gasteiger charge is 2.28. The Morgan fingerprint density at radius 2 is 1.65 bits per heavy atom. The van der Waals surface area contributed by atoms with E-state index in [-0.39, 0.29) is 10.7 Å². The topological polar surface area (TPSA) is 78.8 Å². The first-order valence-corrected chi connectivity index (χ1v) is 10.9. The molecule has 0 fully saturated rings. The van der Waals surface area contributed by atoms with Crippen LogP contribution in [0.3, 0.4) is 0 Å². The van der Waals surface area contributed by atoms with Crippen molar-refractivity contribution in [3.63, 3.8) is 0 Å². The fraction of sp³-hybridized carbons (Fsp3) is 0.130. The molecule has 8 heteroatoms. The number of halogens is 1. The third kappa shape index (κ3) is 5.55. The summed E-state index contributed by atoms with van der Waals surface area (Å²) in [6.45, 7) is 3.18. The molecule has 160 valence electrons. The summed E-state index contributed by atoms with van der Waals surface area (Å²) in [5, 5.41) is 3.84. The van der Waals surface area contributed by atoms with Crippen molar-refractivity contribution in [3.8, 4) is 0 Å². The number of nitrogens with zero attached hydrogens (tertiary/aromatic N) is 2. The largest absolute Gasteiger partial charge is 0.271 e. The number of para-hydroxylation sites is 1. The van der Waals surface area contributed by atoms with Gasteiger partial charge in [-0.2, -0.15) is 5.10 Å². The van der Waals surface area contributed by atoms with Crippen LogP contribution in [0.15, 0.2) is 82.8 Å². The van der Waals surface area contributed by atoms with Gasteiger partial charge in [0.05, 0.1) is 16.8 Å². The smallest absolute Gasteiger partial charge is 0.264 e. The van der Waals surface area contributed by atoms with E-state index in [0.29, 0.717) is 16.8 Å². The molecule has 0 bridgehead atoms. The molecule has 0 unspecified atom stereocenters. The van der Waals surface area contributed by atoms with Crippen molar-refractivity contribution in [2.24, 2.45) is 5.10 Å². The van der Waals surface area contributed by atoms with Crippen molar-refractivity contribution in [1.29, 1.82) is 0 Å². The number of benzene rings is 3. The third-order valence-electron chi connectivity index (χ3n) is 4.55. The zero-order chi connectivity index (χ0) is 22.4. The Labute approximate surface area is 181 Å². The van der Waals surface area contributed by atoms with Gasteiger partial charge in [-0.3, -0.25) is 9.10 Å². The van der Waals surface area contributed by atoms with Crippen LogP contribution in [-0.2, 0) is 14.8 Å². The van der Waals surface area contributed by atoms with Gasteiger partial charge >= 0.3 is 0 Å². The molecule has 3 aromatic rings. The average molecular weight is 440 g/mol. The minimum absolute atomic E-state index is 0.0870. The number of carbonyl (C=O) groups is 1. The molecule has 3 aromatic carbocycles. The predicted molar refractivity (Wildman–Crippen MR) is 119 cm³/mol. The number of carbonyl (C=O) groups excluding carboxylic acids is 1. The summed E-state index contributed by atoms with van der Waals surface area (Å²) in [7, 11) is -3.99. The van der Waals surface area contributed by atoms with Gasteiger partial charge in [0.2, 0.25) is 0 Å². The van der Waals surface area contributed by atoms with E-state index in [1.165, 1.54) is 42.6 Å². The van der Waals surface area contributed by atoms with Gasteiger partial charge in [0.15, 0.2) is 0 Å². The summed E-state index contributed by atoms with van der Waals surface area (Å²) in [5.41, 5.74) is 4.95. The highest BCUT2D eigenvalue weighted by Crippen LogP contribution is 2.26. The van der Waals surface area contributed by atoms with Crippen molar-refractivity contribution in [2.45, 2.75) is 18.7 Å². The average Bonchev–Trinajstić information content (AvgIpc) is 2.74. The van der Waals surface area contributed by atoms with Crippen LogP contribution in [0.25, 0.3) is 0 Å². The fourth-order valence-corrected chi connectivity index (χ4v) is 4.36. The molecule has 3 rings (SSSR count). The third-order valence-corrected chi connectivity index (χ3v) is 6.33. The molecule has 0 atom stereocenters. The van der Waals surface area contributed by atoms with Crippen molar-refractivity contribution in [1.82, 2.24) is 5.43 Å². The molecule has 1 amide bonds. The van der Waals surface area contributed by atoms with Crippen LogP contribution >= 0.6 is 0 Å². The number of aryl methyl sites for hydroxylation is 2. The summed E-state index contributed by atoms with van der Waals surface area (Å²) >= 11 is 0. The molecule has 0 saturated heterocycles. The van der Waals surface area contributed by atoms with Crippen molar-refractivity contribution in [3.05, 3.63) is 95.3 Å². The lowest BCUT2D eigenvalue weighted by atomic mass is 10.2. The standard InChI is InChI=1S/C23H22FN3O3S/c1-17-7-13-21(14-8-17)31(29,30)27(22-6-4-3-5-18(22)2)16-23(28)26-25-15-19-9-11-20(24)12-10-19/h3-15H,16H2,1-2H3,(H,26,28)/b25-15+. The maximum atomic E-state index is 13.3.